The number of aromatic amines is 1. The zero-order valence-corrected chi connectivity index (χ0v) is 10.9. The van der Waals surface area contributed by atoms with E-state index in [-0.39, 0.29) is 11.7 Å². The zero-order chi connectivity index (χ0) is 13.6. The molecule has 1 aliphatic heterocycles. The number of benzene rings is 1. The Hall–Kier alpha value is -2.01. The Morgan fingerprint density at radius 2 is 2.26 bits per heavy atom. The summed E-state index contributed by atoms with van der Waals surface area (Å²) in [4.78, 5) is 15.3. The Bertz CT molecular complexity index is 662. The third-order valence-corrected chi connectivity index (χ3v) is 3.84. The second-order valence-corrected chi connectivity index (χ2v) is 5.00. The second-order valence-electron chi connectivity index (χ2n) is 5.00. The van der Waals surface area contributed by atoms with Crippen LogP contribution in [0.25, 0.3) is 10.9 Å². The van der Waals surface area contributed by atoms with Crippen LogP contribution in [0.1, 0.15) is 18.2 Å². The maximum Gasteiger partial charge on any atom is 0.331 e. The second kappa shape index (κ2) is 3.99. The highest BCUT2D eigenvalue weighted by Crippen LogP contribution is 2.35. The number of esters is 1. The number of methoxy groups -OCH3 is 1. The van der Waals surface area contributed by atoms with E-state index in [1.807, 2.05) is 13.0 Å². The minimum absolute atomic E-state index is 0.229. The summed E-state index contributed by atoms with van der Waals surface area (Å²) in [5.41, 5.74) is 1.95. The van der Waals surface area contributed by atoms with Gasteiger partial charge in [-0.1, -0.05) is 0 Å². The van der Waals surface area contributed by atoms with Gasteiger partial charge in [-0.3, -0.25) is 5.32 Å². The van der Waals surface area contributed by atoms with Crippen LogP contribution in [0.2, 0.25) is 0 Å². The van der Waals surface area contributed by atoms with Crippen molar-refractivity contribution in [2.75, 3.05) is 13.7 Å². The average molecular weight is 260 g/mol. The molecule has 0 saturated heterocycles. The molecule has 0 radical (unpaired) electrons. The molecular formula is C14H16N2O3. The number of ether oxygens (including phenoxy) is 1. The number of aromatic hydroxyl groups is 1. The lowest BCUT2D eigenvalue weighted by molar-refractivity contribution is -0.148. The first kappa shape index (κ1) is 12.0. The molecule has 0 fully saturated rings. The van der Waals surface area contributed by atoms with Crippen molar-refractivity contribution in [2.45, 2.75) is 18.9 Å². The number of phenolic OH excluding ortho intramolecular Hbond substituents is 1. The molecular weight excluding hydrogens is 244 g/mol. The van der Waals surface area contributed by atoms with Crippen molar-refractivity contribution in [1.82, 2.24) is 10.3 Å². The number of hydrogen-bond acceptors (Lipinski definition) is 4. The molecule has 0 bridgehead atoms. The molecule has 0 saturated carbocycles. The molecule has 1 aromatic carbocycles. The van der Waals surface area contributed by atoms with Crippen LogP contribution in [0.4, 0.5) is 0 Å². The van der Waals surface area contributed by atoms with Gasteiger partial charge in [0.2, 0.25) is 0 Å². The maximum absolute atomic E-state index is 12.0. The van der Waals surface area contributed by atoms with E-state index in [0.29, 0.717) is 6.54 Å². The highest BCUT2D eigenvalue weighted by Gasteiger charge is 2.42. The maximum atomic E-state index is 12.0. The van der Waals surface area contributed by atoms with Crippen LogP contribution in [0.3, 0.4) is 0 Å². The Labute approximate surface area is 110 Å². The molecule has 0 spiro atoms. The summed E-state index contributed by atoms with van der Waals surface area (Å²) in [6, 6.07) is 5.18. The van der Waals surface area contributed by atoms with Gasteiger partial charge in [-0.15, -0.1) is 0 Å². The summed E-state index contributed by atoms with van der Waals surface area (Å²) in [6.07, 6.45) is 0.811. The SMILES string of the molecule is COC(=O)C1(C)NCCc2c1[nH]c1ccc(O)cc21. The van der Waals surface area contributed by atoms with E-state index < -0.39 is 5.54 Å². The molecule has 2 heterocycles. The fourth-order valence-corrected chi connectivity index (χ4v) is 2.83. The van der Waals surface area contributed by atoms with Crippen molar-refractivity contribution in [3.05, 3.63) is 29.5 Å². The standard InChI is InChI=1S/C14H16N2O3/c1-14(13(18)19-2)12-9(5-6-15-14)10-7-8(17)3-4-11(10)16-12/h3-4,7,15-17H,5-6H2,1-2H3. The molecule has 19 heavy (non-hydrogen) atoms. The molecule has 100 valence electrons. The number of hydrogen-bond donors (Lipinski definition) is 3. The van der Waals surface area contributed by atoms with Gasteiger partial charge >= 0.3 is 5.97 Å². The van der Waals surface area contributed by atoms with Crippen molar-refractivity contribution in [2.24, 2.45) is 0 Å². The molecule has 5 nitrogen and oxygen atoms in total. The number of phenols is 1. The van der Waals surface area contributed by atoms with Gasteiger partial charge in [0.15, 0.2) is 5.54 Å². The molecule has 1 aromatic heterocycles. The third-order valence-electron chi connectivity index (χ3n) is 3.84. The molecule has 1 aliphatic rings. The topological polar surface area (TPSA) is 74.3 Å². The largest absolute Gasteiger partial charge is 0.508 e. The van der Waals surface area contributed by atoms with Gasteiger partial charge in [-0.05, 0) is 37.1 Å². The Balaban J connectivity index is 2.26. The van der Waals surface area contributed by atoms with E-state index >= 15 is 0 Å². The van der Waals surface area contributed by atoms with E-state index in [1.54, 1.807) is 12.1 Å². The van der Waals surface area contributed by atoms with Gasteiger partial charge in [0.05, 0.1) is 12.8 Å². The number of carbonyl (C=O) groups is 1. The van der Waals surface area contributed by atoms with E-state index in [9.17, 15) is 9.90 Å². The monoisotopic (exact) mass is 260 g/mol. The minimum atomic E-state index is -0.864. The van der Waals surface area contributed by atoms with Crippen LogP contribution in [0.15, 0.2) is 18.2 Å². The van der Waals surface area contributed by atoms with Gasteiger partial charge in [0.1, 0.15) is 5.75 Å². The molecule has 3 rings (SSSR count). The van der Waals surface area contributed by atoms with Crippen molar-refractivity contribution >= 4 is 16.9 Å². The first-order valence-electron chi connectivity index (χ1n) is 6.24. The van der Waals surface area contributed by atoms with E-state index in [2.05, 4.69) is 10.3 Å². The van der Waals surface area contributed by atoms with Gasteiger partial charge < -0.3 is 14.8 Å². The summed E-state index contributed by atoms with van der Waals surface area (Å²) in [6.45, 7) is 2.51. The van der Waals surface area contributed by atoms with Crippen molar-refractivity contribution in [3.8, 4) is 5.75 Å². The molecule has 3 N–H and O–H groups in total. The fourth-order valence-electron chi connectivity index (χ4n) is 2.83. The van der Waals surface area contributed by atoms with Crippen LogP contribution in [0.5, 0.6) is 5.75 Å². The normalized spacial score (nSPS) is 22.2. The molecule has 2 aromatic rings. The highest BCUT2D eigenvalue weighted by atomic mass is 16.5. The van der Waals surface area contributed by atoms with Crippen molar-refractivity contribution < 1.29 is 14.6 Å². The first-order valence-corrected chi connectivity index (χ1v) is 6.24. The summed E-state index contributed by atoms with van der Waals surface area (Å²) in [5, 5.41) is 13.8. The van der Waals surface area contributed by atoms with Gasteiger partial charge in [0, 0.05) is 17.4 Å². The predicted octanol–water partition coefficient (Wildman–Crippen LogP) is 1.41. The van der Waals surface area contributed by atoms with Crippen LogP contribution in [-0.2, 0) is 21.5 Å². The number of fused-ring (bicyclic) bond motifs is 3. The number of rotatable bonds is 1. The lowest BCUT2D eigenvalue weighted by atomic mass is 9.88. The lowest BCUT2D eigenvalue weighted by Crippen LogP contribution is -2.51. The number of nitrogens with one attached hydrogen (secondary N) is 2. The van der Waals surface area contributed by atoms with E-state index in [4.69, 9.17) is 4.74 Å². The molecule has 1 atom stereocenters. The fraction of sp³-hybridized carbons (Fsp3) is 0.357. The van der Waals surface area contributed by atoms with Crippen LogP contribution in [0, 0.1) is 0 Å². The smallest absolute Gasteiger partial charge is 0.331 e. The van der Waals surface area contributed by atoms with Crippen molar-refractivity contribution in [3.63, 3.8) is 0 Å². The summed E-state index contributed by atoms with van der Waals surface area (Å²) in [7, 11) is 1.39. The number of carbonyl (C=O) groups excluding carboxylic acids is 1. The quantitative estimate of drug-likeness (QED) is 0.678. The molecule has 0 amide bonds. The van der Waals surface area contributed by atoms with Crippen LogP contribution >= 0.6 is 0 Å². The summed E-state index contributed by atoms with van der Waals surface area (Å²) in [5.74, 6) is -0.0863. The van der Waals surface area contributed by atoms with E-state index in [1.165, 1.54) is 7.11 Å². The average Bonchev–Trinajstić information content (AvgIpc) is 2.78. The zero-order valence-electron chi connectivity index (χ0n) is 10.9. The highest BCUT2D eigenvalue weighted by molar-refractivity contribution is 5.91. The van der Waals surface area contributed by atoms with E-state index in [0.717, 1.165) is 28.6 Å². The summed E-state index contributed by atoms with van der Waals surface area (Å²) < 4.78 is 4.90. The lowest BCUT2D eigenvalue weighted by Gasteiger charge is -2.32. The number of H-pyrrole nitrogens is 1. The van der Waals surface area contributed by atoms with Gasteiger partial charge in [-0.25, -0.2) is 4.79 Å². The molecule has 0 aliphatic carbocycles. The Kier molecular flexibility index (Phi) is 2.53. The van der Waals surface area contributed by atoms with Gasteiger partial charge in [-0.2, -0.15) is 0 Å². The number of aromatic nitrogens is 1. The third kappa shape index (κ3) is 1.62. The first-order chi connectivity index (χ1) is 9.06. The van der Waals surface area contributed by atoms with Crippen LogP contribution in [-0.4, -0.2) is 29.7 Å². The Morgan fingerprint density at radius 3 is 3.00 bits per heavy atom. The minimum Gasteiger partial charge on any atom is -0.508 e. The molecule has 1 unspecified atom stereocenters. The van der Waals surface area contributed by atoms with Gasteiger partial charge in [0.25, 0.3) is 0 Å². The van der Waals surface area contributed by atoms with Crippen molar-refractivity contribution in [1.29, 1.82) is 0 Å². The van der Waals surface area contributed by atoms with Crippen LogP contribution < -0.4 is 5.32 Å². The predicted molar refractivity (Wildman–Crippen MR) is 71.0 cm³/mol. The molecule has 5 heteroatoms. The summed E-state index contributed by atoms with van der Waals surface area (Å²) >= 11 is 0. The Morgan fingerprint density at radius 1 is 1.47 bits per heavy atom.